The van der Waals surface area contributed by atoms with Crippen LogP contribution in [-0.2, 0) is 11.3 Å². The molecule has 7 nitrogen and oxygen atoms in total. The van der Waals surface area contributed by atoms with Gasteiger partial charge in [0.25, 0.3) is 5.91 Å². The van der Waals surface area contributed by atoms with E-state index in [0.29, 0.717) is 24.4 Å². The van der Waals surface area contributed by atoms with Gasteiger partial charge in [-0.15, -0.1) is 0 Å². The zero-order valence-corrected chi connectivity index (χ0v) is 18.1. The van der Waals surface area contributed by atoms with E-state index in [0.717, 1.165) is 43.9 Å². The monoisotopic (exact) mass is 401 g/mol. The molecule has 160 valence electrons. The number of carbonyl (C=O) groups excluding carboxylic acids is 2. The third-order valence-corrected chi connectivity index (χ3v) is 5.51. The van der Waals surface area contributed by atoms with E-state index >= 15 is 0 Å². The second kappa shape index (κ2) is 11.4. The fourth-order valence-corrected chi connectivity index (χ4v) is 3.46. The number of hydrogen-bond donors (Lipinski definition) is 3. The molecule has 1 fully saturated rings. The second-order valence-electron chi connectivity index (χ2n) is 7.69. The first-order valence-electron chi connectivity index (χ1n) is 10.5. The van der Waals surface area contributed by atoms with Crippen molar-refractivity contribution in [1.82, 2.24) is 20.9 Å². The molecule has 1 aromatic rings. The van der Waals surface area contributed by atoms with Crippen LogP contribution in [0.1, 0.15) is 55.5 Å². The fraction of sp³-hybridized carbons (Fsp3) is 0.591. The average Bonchev–Trinajstić information content (AvgIpc) is 2.75. The number of guanidine groups is 1. The Hall–Kier alpha value is -2.57. The van der Waals surface area contributed by atoms with Crippen molar-refractivity contribution in [3.05, 3.63) is 35.4 Å². The Labute approximate surface area is 174 Å². The Balaban J connectivity index is 1.88. The maximum Gasteiger partial charge on any atom is 0.251 e. The number of likely N-dealkylation sites (tertiary alicyclic amines) is 1. The van der Waals surface area contributed by atoms with Crippen LogP contribution < -0.4 is 16.0 Å². The van der Waals surface area contributed by atoms with Gasteiger partial charge in [0.15, 0.2) is 5.96 Å². The van der Waals surface area contributed by atoms with Crippen molar-refractivity contribution in [3.8, 4) is 0 Å². The molecule has 0 bridgehead atoms. The highest BCUT2D eigenvalue weighted by atomic mass is 16.2. The summed E-state index contributed by atoms with van der Waals surface area (Å²) in [4.78, 5) is 30.6. The van der Waals surface area contributed by atoms with Gasteiger partial charge in [0, 0.05) is 51.8 Å². The molecular weight excluding hydrogens is 366 g/mol. The summed E-state index contributed by atoms with van der Waals surface area (Å²) in [5, 5.41) is 9.11. The van der Waals surface area contributed by atoms with Crippen molar-refractivity contribution < 1.29 is 9.59 Å². The van der Waals surface area contributed by atoms with E-state index < -0.39 is 0 Å². The molecule has 0 aromatic heterocycles. The molecule has 2 rings (SSSR count). The maximum atomic E-state index is 12.3. The van der Waals surface area contributed by atoms with Gasteiger partial charge in [-0.2, -0.15) is 0 Å². The van der Waals surface area contributed by atoms with Gasteiger partial charge in [0.1, 0.15) is 0 Å². The summed E-state index contributed by atoms with van der Waals surface area (Å²) in [5.74, 6) is 1.37. The van der Waals surface area contributed by atoms with Crippen LogP contribution in [0.2, 0.25) is 0 Å². The van der Waals surface area contributed by atoms with Crippen molar-refractivity contribution >= 4 is 17.8 Å². The molecule has 2 amide bonds. The number of benzene rings is 1. The highest BCUT2D eigenvalue weighted by Gasteiger charge is 2.23. The lowest BCUT2D eigenvalue weighted by atomic mass is 9.93. The number of piperidine rings is 1. The van der Waals surface area contributed by atoms with Crippen LogP contribution in [0.4, 0.5) is 0 Å². The highest BCUT2D eigenvalue weighted by Crippen LogP contribution is 2.20. The Morgan fingerprint density at radius 1 is 1.28 bits per heavy atom. The van der Waals surface area contributed by atoms with Crippen LogP contribution >= 0.6 is 0 Å². The quantitative estimate of drug-likeness (QED) is 0.483. The number of rotatable bonds is 7. The molecule has 0 radical (unpaired) electrons. The number of nitrogens with zero attached hydrogens (tertiary/aromatic N) is 2. The first-order valence-corrected chi connectivity index (χ1v) is 10.5. The van der Waals surface area contributed by atoms with E-state index in [-0.39, 0.29) is 17.9 Å². The number of hydrogen-bond acceptors (Lipinski definition) is 3. The Bertz CT molecular complexity index is 711. The van der Waals surface area contributed by atoms with Gasteiger partial charge < -0.3 is 20.9 Å². The molecule has 0 aliphatic carbocycles. The lowest BCUT2D eigenvalue weighted by Gasteiger charge is -2.34. The minimum absolute atomic E-state index is 0.0382. The molecule has 1 saturated heterocycles. The van der Waals surface area contributed by atoms with E-state index in [1.807, 2.05) is 31.2 Å². The first kappa shape index (κ1) is 22.7. The summed E-state index contributed by atoms with van der Waals surface area (Å²) in [6.07, 6.45) is 3.48. The lowest BCUT2D eigenvalue weighted by molar-refractivity contribution is -0.121. The van der Waals surface area contributed by atoms with Crippen molar-refractivity contribution in [2.75, 3.05) is 27.2 Å². The molecule has 1 aliphatic rings. The smallest absolute Gasteiger partial charge is 0.251 e. The van der Waals surface area contributed by atoms with Crippen molar-refractivity contribution in [1.29, 1.82) is 0 Å². The van der Waals surface area contributed by atoms with E-state index in [2.05, 4.69) is 32.8 Å². The minimum atomic E-state index is -0.0382. The molecule has 1 atom stereocenters. The number of aliphatic imine (C=N–C) groups is 1. The van der Waals surface area contributed by atoms with E-state index in [4.69, 9.17) is 0 Å². The summed E-state index contributed by atoms with van der Waals surface area (Å²) >= 11 is 0. The van der Waals surface area contributed by atoms with Gasteiger partial charge in [-0.1, -0.05) is 19.1 Å². The number of amides is 2. The largest absolute Gasteiger partial charge is 0.359 e. The SMILES string of the molecule is CCC(C)NC(=O)c1cccc(CNC(=NC)N2CCC(CC(=O)NC)CC2)c1. The van der Waals surface area contributed by atoms with Crippen molar-refractivity contribution in [2.24, 2.45) is 10.9 Å². The van der Waals surface area contributed by atoms with Gasteiger partial charge >= 0.3 is 0 Å². The van der Waals surface area contributed by atoms with Crippen LogP contribution in [0.3, 0.4) is 0 Å². The van der Waals surface area contributed by atoms with Crippen LogP contribution in [0, 0.1) is 5.92 Å². The normalized spacial score (nSPS) is 16.3. The van der Waals surface area contributed by atoms with Crippen LogP contribution in [-0.4, -0.2) is 55.9 Å². The third-order valence-electron chi connectivity index (χ3n) is 5.51. The summed E-state index contributed by atoms with van der Waals surface area (Å²) in [6.45, 7) is 6.44. The summed E-state index contributed by atoms with van der Waals surface area (Å²) in [5.41, 5.74) is 1.71. The van der Waals surface area contributed by atoms with Crippen LogP contribution in [0.5, 0.6) is 0 Å². The van der Waals surface area contributed by atoms with Gasteiger partial charge in [-0.05, 0) is 49.8 Å². The fourth-order valence-electron chi connectivity index (χ4n) is 3.46. The molecule has 3 N–H and O–H groups in total. The van der Waals surface area contributed by atoms with Gasteiger partial charge in [-0.3, -0.25) is 14.6 Å². The predicted octanol–water partition coefficient (Wildman–Crippen LogP) is 2.14. The van der Waals surface area contributed by atoms with E-state index in [1.165, 1.54) is 0 Å². The maximum absolute atomic E-state index is 12.3. The Kier molecular flexibility index (Phi) is 8.96. The zero-order valence-electron chi connectivity index (χ0n) is 18.1. The van der Waals surface area contributed by atoms with Gasteiger partial charge in [0.05, 0.1) is 0 Å². The predicted molar refractivity (Wildman–Crippen MR) is 117 cm³/mol. The number of carbonyl (C=O) groups is 2. The van der Waals surface area contributed by atoms with Crippen molar-refractivity contribution in [3.63, 3.8) is 0 Å². The lowest BCUT2D eigenvalue weighted by Crippen LogP contribution is -2.45. The Morgan fingerprint density at radius 3 is 2.62 bits per heavy atom. The molecular formula is C22H35N5O2. The Morgan fingerprint density at radius 2 is 2.00 bits per heavy atom. The zero-order chi connectivity index (χ0) is 21.2. The molecule has 1 heterocycles. The van der Waals surface area contributed by atoms with Crippen LogP contribution in [0.25, 0.3) is 0 Å². The molecule has 0 spiro atoms. The van der Waals surface area contributed by atoms with E-state index in [9.17, 15) is 9.59 Å². The topological polar surface area (TPSA) is 85.8 Å². The van der Waals surface area contributed by atoms with Crippen LogP contribution in [0.15, 0.2) is 29.3 Å². The molecule has 0 saturated carbocycles. The van der Waals surface area contributed by atoms with Crippen molar-refractivity contribution in [2.45, 2.75) is 52.1 Å². The van der Waals surface area contributed by atoms with E-state index in [1.54, 1.807) is 14.1 Å². The molecule has 1 aliphatic heterocycles. The second-order valence-corrected chi connectivity index (χ2v) is 7.69. The van der Waals surface area contributed by atoms with Gasteiger partial charge in [-0.25, -0.2) is 0 Å². The average molecular weight is 402 g/mol. The summed E-state index contributed by atoms with van der Waals surface area (Å²) < 4.78 is 0. The van der Waals surface area contributed by atoms with Gasteiger partial charge in [0.2, 0.25) is 5.91 Å². The number of nitrogens with one attached hydrogen (secondary N) is 3. The molecule has 7 heteroatoms. The standard InChI is InChI=1S/C22H35N5O2/c1-5-16(2)26-21(29)19-8-6-7-18(13-19)15-25-22(24-4)27-11-9-17(10-12-27)14-20(28)23-3/h6-8,13,16-17H,5,9-12,14-15H2,1-4H3,(H,23,28)(H,24,25)(H,26,29). The highest BCUT2D eigenvalue weighted by molar-refractivity contribution is 5.94. The first-order chi connectivity index (χ1) is 14.0. The summed E-state index contributed by atoms with van der Waals surface area (Å²) in [6, 6.07) is 7.85. The molecule has 29 heavy (non-hydrogen) atoms. The summed E-state index contributed by atoms with van der Waals surface area (Å²) in [7, 11) is 3.47. The third kappa shape index (κ3) is 7.07. The minimum Gasteiger partial charge on any atom is -0.359 e. The molecule has 1 aromatic carbocycles. The molecule has 1 unspecified atom stereocenters.